The highest BCUT2D eigenvalue weighted by Crippen LogP contribution is 2.21. The van der Waals surface area contributed by atoms with E-state index in [2.05, 4.69) is 20.4 Å². The zero-order valence-corrected chi connectivity index (χ0v) is 11.8. The van der Waals surface area contributed by atoms with Crippen molar-refractivity contribution in [1.82, 2.24) is 15.1 Å². The molecule has 1 aromatic rings. The van der Waals surface area contributed by atoms with Gasteiger partial charge in [-0.15, -0.1) is 10.2 Å². The molecule has 5 nitrogen and oxygen atoms in total. The molecule has 0 aromatic carbocycles. The third kappa shape index (κ3) is 3.74. The molecule has 1 aliphatic rings. The summed E-state index contributed by atoms with van der Waals surface area (Å²) in [5.74, 6) is -0.000719. The zero-order valence-electron chi connectivity index (χ0n) is 11.0. The van der Waals surface area contributed by atoms with E-state index in [1.54, 1.807) is 0 Å². The van der Waals surface area contributed by atoms with E-state index in [1.165, 1.54) is 43.4 Å². The number of likely N-dealkylation sites (N-methyl/N-ethyl adjacent to an activating group) is 1. The van der Waals surface area contributed by atoms with E-state index in [-0.39, 0.29) is 5.91 Å². The van der Waals surface area contributed by atoms with Gasteiger partial charge in [0.15, 0.2) is 0 Å². The van der Waals surface area contributed by atoms with Crippen LogP contribution in [-0.2, 0) is 4.79 Å². The fourth-order valence-corrected chi connectivity index (χ4v) is 2.99. The van der Waals surface area contributed by atoms with E-state index >= 15 is 0 Å². The van der Waals surface area contributed by atoms with Crippen molar-refractivity contribution in [3.8, 4) is 0 Å². The minimum atomic E-state index is -0.000719. The smallest absolute Gasteiger partial charge is 0.240 e. The largest absolute Gasteiger partial charge is 0.299 e. The number of aromatic nitrogens is 2. The molecule has 1 aromatic heterocycles. The number of nitrogens with zero attached hydrogens (tertiary/aromatic N) is 3. The van der Waals surface area contributed by atoms with Gasteiger partial charge in [0.1, 0.15) is 5.01 Å². The molecule has 1 N–H and O–H groups in total. The molecule has 0 radical (unpaired) electrons. The SMILES string of the molecule is Cc1nnc(NC(=O)CN(C)C2CCCCC2)s1. The first-order chi connectivity index (χ1) is 8.65. The van der Waals surface area contributed by atoms with Crippen LogP contribution in [0.4, 0.5) is 5.13 Å². The summed E-state index contributed by atoms with van der Waals surface area (Å²) in [5, 5.41) is 12.0. The van der Waals surface area contributed by atoms with Gasteiger partial charge in [0.05, 0.1) is 6.54 Å². The van der Waals surface area contributed by atoms with Gasteiger partial charge >= 0.3 is 0 Å². The van der Waals surface area contributed by atoms with Gasteiger partial charge < -0.3 is 0 Å². The van der Waals surface area contributed by atoms with Crippen LogP contribution < -0.4 is 5.32 Å². The Hall–Kier alpha value is -1.01. The Bertz CT molecular complexity index is 401. The number of nitrogens with one attached hydrogen (secondary N) is 1. The van der Waals surface area contributed by atoms with Crippen molar-refractivity contribution in [2.75, 3.05) is 18.9 Å². The summed E-state index contributed by atoms with van der Waals surface area (Å²) in [4.78, 5) is 14.0. The lowest BCUT2D eigenvalue weighted by Gasteiger charge is -2.30. The standard InChI is InChI=1S/C12H20N4OS/c1-9-14-15-12(18-9)13-11(17)8-16(2)10-6-4-3-5-7-10/h10H,3-8H2,1-2H3,(H,13,15,17). The number of carbonyl (C=O) groups excluding carboxylic acids is 1. The molecule has 0 aliphatic heterocycles. The molecule has 0 saturated heterocycles. The Morgan fingerprint density at radius 3 is 2.72 bits per heavy atom. The number of hydrogen-bond acceptors (Lipinski definition) is 5. The average molecular weight is 268 g/mol. The third-order valence-electron chi connectivity index (χ3n) is 3.36. The second kappa shape index (κ2) is 6.24. The Morgan fingerprint density at radius 1 is 1.39 bits per heavy atom. The Morgan fingerprint density at radius 2 is 2.11 bits per heavy atom. The maximum absolute atomic E-state index is 11.9. The molecule has 6 heteroatoms. The molecule has 1 heterocycles. The normalized spacial score (nSPS) is 17.1. The molecule has 1 amide bonds. The van der Waals surface area contributed by atoms with Crippen LogP contribution in [0.2, 0.25) is 0 Å². The molecule has 1 saturated carbocycles. The molecule has 2 rings (SSSR count). The summed E-state index contributed by atoms with van der Waals surface area (Å²) in [6.07, 6.45) is 6.32. The minimum absolute atomic E-state index is 0.000719. The van der Waals surface area contributed by atoms with E-state index in [0.717, 1.165) is 5.01 Å². The summed E-state index contributed by atoms with van der Waals surface area (Å²) >= 11 is 1.41. The van der Waals surface area contributed by atoms with Gasteiger partial charge in [-0.3, -0.25) is 15.0 Å². The van der Waals surface area contributed by atoms with Crippen LogP contribution >= 0.6 is 11.3 Å². The second-order valence-electron chi connectivity index (χ2n) is 4.88. The monoisotopic (exact) mass is 268 g/mol. The highest BCUT2D eigenvalue weighted by molar-refractivity contribution is 7.15. The van der Waals surface area contributed by atoms with E-state index in [1.807, 2.05) is 14.0 Å². The van der Waals surface area contributed by atoms with Crippen LogP contribution in [0.3, 0.4) is 0 Å². The number of rotatable bonds is 4. The second-order valence-corrected chi connectivity index (χ2v) is 6.06. The van der Waals surface area contributed by atoms with Crippen molar-refractivity contribution < 1.29 is 4.79 Å². The quantitative estimate of drug-likeness (QED) is 0.908. The van der Waals surface area contributed by atoms with Crippen LogP contribution in [0.1, 0.15) is 37.1 Å². The number of carbonyl (C=O) groups is 1. The van der Waals surface area contributed by atoms with Gasteiger partial charge in [0.2, 0.25) is 11.0 Å². The number of aryl methyl sites for hydroxylation is 1. The predicted octanol–water partition coefficient (Wildman–Crippen LogP) is 2.05. The summed E-state index contributed by atoms with van der Waals surface area (Å²) in [7, 11) is 2.03. The molecule has 1 aliphatic carbocycles. The van der Waals surface area contributed by atoms with Crippen LogP contribution in [0.25, 0.3) is 0 Å². The first-order valence-corrected chi connectivity index (χ1v) is 7.27. The van der Waals surface area contributed by atoms with Crippen molar-refractivity contribution >= 4 is 22.4 Å². The van der Waals surface area contributed by atoms with Crippen LogP contribution in [0.5, 0.6) is 0 Å². The fraction of sp³-hybridized carbons (Fsp3) is 0.750. The molecule has 0 atom stereocenters. The van der Waals surface area contributed by atoms with Gasteiger partial charge in [-0.1, -0.05) is 30.6 Å². The van der Waals surface area contributed by atoms with Gasteiger partial charge in [-0.05, 0) is 26.8 Å². The van der Waals surface area contributed by atoms with E-state index in [9.17, 15) is 4.79 Å². The van der Waals surface area contributed by atoms with Crippen LogP contribution in [0.15, 0.2) is 0 Å². The lowest BCUT2D eigenvalue weighted by atomic mass is 9.94. The Kier molecular flexibility index (Phi) is 4.66. The van der Waals surface area contributed by atoms with Crippen molar-refractivity contribution in [2.45, 2.75) is 45.1 Å². The van der Waals surface area contributed by atoms with Gasteiger partial charge in [-0.25, -0.2) is 0 Å². The lowest BCUT2D eigenvalue weighted by molar-refractivity contribution is -0.117. The number of amides is 1. The predicted molar refractivity (Wildman–Crippen MR) is 72.8 cm³/mol. The van der Waals surface area contributed by atoms with Crippen molar-refractivity contribution in [3.05, 3.63) is 5.01 Å². The average Bonchev–Trinajstić information content (AvgIpc) is 2.75. The van der Waals surface area contributed by atoms with Crippen LogP contribution in [-0.4, -0.2) is 40.6 Å². The lowest BCUT2D eigenvalue weighted by Crippen LogP contribution is -2.39. The number of hydrogen-bond donors (Lipinski definition) is 1. The first-order valence-electron chi connectivity index (χ1n) is 6.45. The highest BCUT2D eigenvalue weighted by Gasteiger charge is 2.20. The van der Waals surface area contributed by atoms with E-state index in [0.29, 0.717) is 17.7 Å². The molecular weight excluding hydrogens is 248 g/mol. The van der Waals surface area contributed by atoms with Gasteiger partial charge in [0.25, 0.3) is 0 Å². The minimum Gasteiger partial charge on any atom is -0.299 e. The van der Waals surface area contributed by atoms with E-state index in [4.69, 9.17) is 0 Å². The van der Waals surface area contributed by atoms with Crippen molar-refractivity contribution in [2.24, 2.45) is 0 Å². The molecule has 100 valence electrons. The highest BCUT2D eigenvalue weighted by atomic mass is 32.1. The summed E-state index contributed by atoms with van der Waals surface area (Å²) in [5.41, 5.74) is 0. The molecule has 18 heavy (non-hydrogen) atoms. The Labute approximate surface area is 112 Å². The number of anilines is 1. The maximum atomic E-state index is 11.9. The summed E-state index contributed by atoms with van der Waals surface area (Å²) in [6, 6.07) is 0.556. The molecule has 0 spiro atoms. The zero-order chi connectivity index (χ0) is 13.0. The molecule has 0 unspecified atom stereocenters. The molecule has 0 bridgehead atoms. The van der Waals surface area contributed by atoms with Crippen molar-refractivity contribution in [1.29, 1.82) is 0 Å². The van der Waals surface area contributed by atoms with Gasteiger partial charge in [0, 0.05) is 6.04 Å². The van der Waals surface area contributed by atoms with E-state index < -0.39 is 0 Å². The summed E-state index contributed by atoms with van der Waals surface area (Å²) in [6.45, 7) is 2.31. The maximum Gasteiger partial charge on any atom is 0.240 e. The Balaban J connectivity index is 1.79. The molecular formula is C12H20N4OS. The topological polar surface area (TPSA) is 58.1 Å². The third-order valence-corrected chi connectivity index (χ3v) is 4.12. The van der Waals surface area contributed by atoms with Crippen molar-refractivity contribution in [3.63, 3.8) is 0 Å². The molecule has 1 fully saturated rings. The summed E-state index contributed by atoms with van der Waals surface area (Å²) < 4.78 is 0. The fourth-order valence-electron chi connectivity index (χ4n) is 2.38. The van der Waals surface area contributed by atoms with Gasteiger partial charge in [-0.2, -0.15) is 0 Å². The first kappa shape index (κ1) is 13.4. The van der Waals surface area contributed by atoms with Crippen LogP contribution in [0, 0.1) is 6.92 Å².